The fourth-order valence-corrected chi connectivity index (χ4v) is 9.53. The molecule has 2 amide bonds. The van der Waals surface area contributed by atoms with Crippen molar-refractivity contribution in [3.05, 3.63) is 141 Å². The van der Waals surface area contributed by atoms with E-state index in [1.165, 1.54) is 5.56 Å². The Morgan fingerprint density at radius 2 is 1.38 bits per heavy atom. The van der Waals surface area contributed by atoms with Crippen molar-refractivity contribution < 1.29 is 33.4 Å². The van der Waals surface area contributed by atoms with Crippen molar-refractivity contribution in [2.45, 2.75) is 90.5 Å². The molecule has 0 unspecified atom stereocenters. The first-order valence-electron chi connectivity index (χ1n) is 21.4. The number of para-hydroxylation sites is 2. The zero-order valence-electron chi connectivity index (χ0n) is 35.3. The lowest BCUT2D eigenvalue weighted by Crippen LogP contribution is -2.41. The predicted molar refractivity (Wildman–Crippen MR) is 236 cm³/mol. The van der Waals surface area contributed by atoms with Crippen LogP contribution in [0.25, 0.3) is 0 Å². The average molecular weight is 818 g/mol. The van der Waals surface area contributed by atoms with Gasteiger partial charge in [-0.1, -0.05) is 43.3 Å². The lowest BCUT2D eigenvalue weighted by molar-refractivity contribution is -0.119. The molecule has 61 heavy (non-hydrogen) atoms. The van der Waals surface area contributed by atoms with Gasteiger partial charge >= 0.3 is 0 Å². The van der Waals surface area contributed by atoms with Gasteiger partial charge in [0.15, 0.2) is 17.3 Å². The summed E-state index contributed by atoms with van der Waals surface area (Å²) in [4.78, 5) is 59.6. The Hall–Kier alpha value is -6.42. The van der Waals surface area contributed by atoms with Crippen LogP contribution in [0.4, 0.5) is 17.1 Å². The van der Waals surface area contributed by atoms with E-state index in [1.807, 2.05) is 74.3 Å². The largest absolute Gasteiger partial charge is 0.493 e. The molecule has 4 aliphatic heterocycles. The third-order valence-corrected chi connectivity index (χ3v) is 12.8. The van der Waals surface area contributed by atoms with E-state index in [0.29, 0.717) is 48.4 Å². The average Bonchev–Trinajstić information content (AvgIpc) is 3.79. The SMILES string of the molecule is CCC(=O)CCCN(C)c1cc(COc2cc3c(cc2C)C(=O)N2c4ccccc4C[C@H]2CC3)cc(COc2cc3c(cc2OC)C(=O)N2c4ccccc4C[C@H]2C(=O)C3)c1. The van der Waals surface area contributed by atoms with Crippen molar-refractivity contribution >= 4 is 40.4 Å². The number of fused-ring (bicyclic) bond motifs is 8. The zero-order chi connectivity index (χ0) is 42.4. The van der Waals surface area contributed by atoms with E-state index in [0.717, 1.165) is 81.9 Å². The number of benzene rings is 5. The number of nitrogens with zero attached hydrogens (tertiary/aromatic N) is 3. The van der Waals surface area contributed by atoms with Crippen molar-refractivity contribution in [1.29, 1.82) is 0 Å². The van der Waals surface area contributed by atoms with E-state index in [1.54, 1.807) is 24.1 Å². The Labute approximate surface area is 357 Å². The number of methoxy groups -OCH3 is 1. The van der Waals surface area contributed by atoms with Crippen molar-refractivity contribution in [2.24, 2.45) is 0 Å². The number of ketones is 2. The number of Topliss-reactive ketones (excluding diaryl/α,β-unsaturated/α-hetero) is 2. The zero-order valence-corrected chi connectivity index (χ0v) is 35.3. The first-order chi connectivity index (χ1) is 29.6. The molecule has 4 heterocycles. The van der Waals surface area contributed by atoms with Crippen LogP contribution >= 0.6 is 0 Å². The van der Waals surface area contributed by atoms with Crippen LogP contribution in [0.2, 0.25) is 0 Å². The van der Waals surface area contributed by atoms with E-state index < -0.39 is 6.04 Å². The summed E-state index contributed by atoms with van der Waals surface area (Å²) in [5.74, 6) is 1.66. The lowest BCUT2D eigenvalue weighted by Gasteiger charge is -2.23. The van der Waals surface area contributed by atoms with Gasteiger partial charge in [0.25, 0.3) is 11.8 Å². The molecule has 0 radical (unpaired) electrons. The van der Waals surface area contributed by atoms with Crippen molar-refractivity contribution in [1.82, 2.24) is 0 Å². The van der Waals surface area contributed by atoms with E-state index in [2.05, 4.69) is 35.2 Å². The number of ether oxygens (including phenoxy) is 3. The summed E-state index contributed by atoms with van der Waals surface area (Å²) in [5, 5.41) is 0. The Morgan fingerprint density at radius 3 is 2.10 bits per heavy atom. The molecular formula is C51H51N3O7. The van der Waals surface area contributed by atoms with Crippen LogP contribution in [0.5, 0.6) is 17.2 Å². The predicted octanol–water partition coefficient (Wildman–Crippen LogP) is 8.57. The molecule has 0 aliphatic carbocycles. The molecule has 9 rings (SSSR count). The van der Waals surface area contributed by atoms with Crippen LogP contribution in [-0.2, 0) is 48.5 Å². The van der Waals surface area contributed by atoms with Crippen LogP contribution < -0.4 is 28.9 Å². The summed E-state index contributed by atoms with van der Waals surface area (Å²) < 4.78 is 18.8. The Morgan fingerprint density at radius 1 is 0.738 bits per heavy atom. The topological polar surface area (TPSA) is 106 Å². The number of carbonyl (C=O) groups excluding carboxylic acids is 4. The van der Waals surface area contributed by atoms with Gasteiger partial charge in [0, 0.05) is 73.5 Å². The molecule has 0 N–H and O–H groups in total. The molecule has 5 aromatic carbocycles. The summed E-state index contributed by atoms with van der Waals surface area (Å²) in [6.45, 7) is 5.04. The highest BCUT2D eigenvalue weighted by Crippen LogP contribution is 2.41. The number of rotatable bonds is 13. The van der Waals surface area contributed by atoms with Gasteiger partial charge in [0.1, 0.15) is 30.8 Å². The number of anilines is 3. The van der Waals surface area contributed by atoms with Gasteiger partial charge in [-0.15, -0.1) is 0 Å². The van der Waals surface area contributed by atoms with Crippen LogP contribution in [0, 0.1) is 6.92 Å². The van der Waals surface area contributed by atoms with Gasteiger partial charge in [-0.2, -0.15) is 0 Å². The summed E-state index contributed by atoms with van der Waals surface area (Å²) in [6, 6.07) is 29.2. The minimum absolute atomic E-state index is 0.0112. The Kier molecular flexibility index (Phi) is 10.9. The summed E-state index contributed by atoms with van der Waals surface area (Å²) >= 11 is 0. The first kappa shape index (κ1) is 40.0. The highest BCUT2D eigenvalue weighted by atomic mass is 16.5. The Bertz CT molecular complexity index is 2580. The molecule has 10 heteroatoms. The molecule has 0 spiro atoms. The number of carbonyl (C=O) groups is 4. The first-order valence-corrected chi connectivity index (χ1v) is 21.4. The highest BCUT2D eigenvalue weighted by Gasteiger charge is 2.42. The van der Waals surface area contributed by atoms with Crippen LogP contribution in [0.3, 0.4) is 0 Å². The van der Waals surface area contributed by atoms with E-state index in [9.17, 15) is 19.2 Å². The van der Waals surface area contributed by atoms with Gasteiger partial charge < -0.3 is 24.0 Å². The quantitative estimate of drug-likeness (QED) is 0.116. The molecule has 0 aromatic heterocycles. The number of amides is 2. The van der Waals surface area contributed by atoms with Crippen LogP contribution in [0.15, 0.2) is 91.0 Å². The van der Waals surface area contributed by atoms with E-state index >= 15 is 0 Å². The normalized spacial score (nSPS) is 17.3. The molecule has 0 saturated carbocycles. The Balaban J connectivity index is 0.963. The van der Waals surface area contributed by atoms with Crippen molar-refractivity contribution in [2.75, 3.05) is 35.4 Å². The fraction of sp³-hybridized carbons (Fsp3) is 0.333. The third kappa shape index (κ3) is 7.64. The molecule has 0 saturated heterocycles. The molecule has 5 aromatic rings. The van der Waals surface area contributed by atoms with Gasteiger partial charge in [0.2, 0.25) is 0 Å². The van der Waals surface area contributed by atoms with Crippen LogP contribution in [-0.4, -0.2) is 56.2 Å². The number of hydrogen-bond donors (Lipinski definition) is 0. The second-order valence-corrected chi connectivity index (χ2v) is 16.8. The van der Waals surface area contributed by atoms with E-state index in [-0.39, 0.29) is 49.1 Å². The molecule has 2 atom stereocenters. The highest BCUT2D eigenvalue weighted by molar-refractivity contribution is 6.15. The second-order valence-electron chi connectivity index (χ2n) is 16.8. The molecular weight excluding hydrogens is 767 g/mol. The van der Waals surface area contributed by atoms with Crippen molar-refractivity contribution in [3.8, 4) is 17.2 Å². The molecule has 10 nitrogen and oxygen atoms in total. The minimum Gasteiger partial charge on any atom is -0.493 e. The standard InChI is InChI=1S/C51H51N3O7/c1-5-40(55)13-10-18-52(3)39-21-32(29-60-47-26-34-16-17-38-23-35-11-6-8-14-43(35)53(38)50(57)41(34)19-31(47)2)20-33(22-39)30-61-49-27-37-25-46(56)45-24-36-12-7-9-15-44(36)54(45)51(58)42(37)28-48(49)59-4/h6-9,11-12,14-15,19-22,26-28,38,45H,5,10,13,16-18,23-25,29-30H2,1-4H3/t38-,45+/m1/s1. The van der Waals surface area contributed by atoms with Crippen LogP contribution in [0.1, 0.15) is 92.3 Å². The monoisotopic (exact) mass is 817 g/mol. The maximum absolute atomic E-state index is 14.0. The molecule has 0 bridgehead atoms. The van der Waals surface area contributed by atoms with Gasteiger partial charge in [-0.3, -0.25) is 24.1 Å². The lowest BCUT2D eigenvalue weighted by atomic mass is 9.98. The third-order valence-electron chi connectivity index (χ3n) is 12.8. The molecule has 4 aliphatic rings. The number of hydrogen-bond acceptors (Lipinski definition) is 8. The smallest absolute Gasteiger partial charge is 0.259 e. The maximum atomic E-state index is 14.0. The van der Waals surface area contributed by atoms with E-state index in [4.69, 9.17) is 14.2 Å². The fourth-order valence-electron chi connectivity index (χ4n) is 9.53. The molecule has 0 fully saturated rings. The van der Waals surface area contributed by atoms with Gasteiger partial charge in [0.05, 0.1) is 7.11 Å². The van der Waals surface area contributed by atoms with Crippen molar-refractivity contribution in [3.63, 3.8) is 0 Å². The minimum atomic E-state index is -0.541. The maximum Gasteiger partial charge on any atom is 0.259 e. The van der Waals surface area contributed by atoms with Gasteiger partial charge in [-0.25, -0.2) is 0 Å². The number of aryl methyl sites for hydroxylation is 2. The summed E-state index contributed by atoms with van der Waals surface area (Å²) in [5.41, 5.74) is 10.5. The second kappa shape index (κ2) is 16.6. The van der Waals surface area contributed by atoms with Gasteiger partial charge in [-0.05, 0) is 126 Å². The summed E-state index contributed by atoms with van der Waals surface area (Å²) in [7, 11) is 3.57. The molecule has 312 valence electrons. The summed E-state index contributed by atoms with van der Waals surface area (Å²) in [6.07, 6.45) is 4.95.